The molecule has 2 aliphatic rings. The second-order valence-corrected chi connectivity index (χ2v) is 9.59. The highest BCUT2D eigenvalue weighted by Crippen LogP contribution is 2.29. The highest BCUT2D eigenvalue weighted by atomic mass is 15.2. The van der Waals surface area contributed by atoms with Crippen LogP contribution in [0.15, 0.2) is 36.5 Å². The minimum Gasteiger partial charge on any atom is -0.354 e. The van der Waals surface area contributed by atoms with E-state index in [1.807, 2.05) is 13.1 Å². The monoisotopic (exact) mass is 428 g/mol. The number of pyridine rings is 1. The number of aromatic nitrogens is 4. The van der Waals surface area contributed by atoms with E-state index in [1.165, 1.54) is 74.7 Å². The Morgan fingerprint density at radius 1 is 0.969 bits per heavy atom. The van der Waals surface area contributed by atoms with Crippen molar-refractivity contribution in [2.45, 2.75) is 51.6 Å². The molecule has 0 radical (unpaired) electrons. The van der Waals surface area contributed by atoms with Crippen molar-refractivity contribution < 1.29 is 0 Å². The van der Waals surface area contributed by atoms with Gasteiger partial charge in [-0.1, -0.05) is 12.5 Å². The number of piperidine rings is 2. The number of hydrogen-bond donors (Lipinski definition) is 2. The average molecular weight is 429 g/mol. The van der Waals surface area contributed by atoms with Crippen LogP contribution in [0.25, 0.3) is 33.3 Å². The zero-order valence-electron chi connectivity index (χ0n) is 18.9. The van der Waals surface area contributed by atoms with Crippen LogP contribution in [0, 0.1) is 6.92 Å². The van der Waals surface area contributed by atoms with E-state index in [2.05, 4.69) is 60.1 Å². The van der Waals surface area contributed by atoms with Crippen LogP contribution < -0.4 is 0 Å². The lowest BCUT2D eigenvalue weighted by Crippen LogP contribution is -2.46. The summed E-state index contributed by atoms with van der Waals surface area (Å²) in [4.78, 5) is 21.2. The third kappa shape index (κ3) is 3.82. The average Bonchev–Trinajstić information content (AvgIpc) is 3.42. The van der Waals surface area contributed by atoms with Gasteiger partial charge in [-0.2, -0.15) is 0 Å². The number of rotatable bonds is 4. The maximum Gasteiger partial charge on any atom is 0.178 e. The molecular formula is C26H32N6. The van der Waals surface area contributed by atoms with Crippen LogP contribution in [0.4, 0.5) is 0 Å². The quantitative estimate of drug-likeness (QED) is 0.487. The standard InChI is InChI=1S/C26H32N6/c1-18-28-25-22(7-10-27-26(25)29-18)24-16-20-15-19(5-6-23(20)30-24)17-31-13-8-21(9-14-31)32-11-3-2-4-12-32/h5-7,10,15-16,21,30H,2-4,8-9,11-14,17H2,1H3,(H,27,28,29). The van der Waals surface area contributed by atoms with Crippen LogP contribution in [0.2, 0.25) is 0 Å². The smallest absolute Gasteiger partial charge is 0.178 e. The van der Waals surface area contributed by atoms with Crippen LogP contribution in [-0.4, -0.2) is 62.0 Å². The molecule has 0 amide bonds. The molecular weight excluding hydrogens is 396 g/mol. The summed E-state index contributed by atoms with van der Waals surface area (Å²) in [6, 6.07) is 12.0. The minimum absolute atomic E-state index is 0.771. The summed E-state index contributed by atoms with van der Waals surface area (Å²) in [7, 11) is 0. The molecule has 0 aliphatic carbocycles. The van der Waals surface area contributed by atoms with E-state index < -0.39 is 0 Å². The van der Waals surface area contributed by atoms with Gasteiger partial charge in [0.25, 0.3) is 0 Å². The maximum absolute atomic E-state index is 4.48. The number of imidazole rings is 1. The number of nitrogens with one attached hydrogen (secondary N) is 2. The van der Waals surface area contributed by atoms with Crippen molar-refractivity contribution in [1.82, 2.24) is 29.7 Å². The molecule has 0 spiro atoms. The van der Waals surface area contributed by atoms with Crippen molar-refractivity contribution in [2.24, 2.45) is 0 Å². The van der Waals surface area contributed by atoms with E-state index in [1.54, 1.807) is 0 Å². The minimum atomic E-state index is 0.771. The zero-order valence-corrected chi connectivity index (χ0v) is 18.9. The van der Waals surface area contributed by atoms with Gasteiger partial charge in [0.1, 0.15) is 5.82 Å². The summed E-state index contributed by atoms with van der Waals surface area (Å²) in [5, 5.41) is 1.27. The molecule has 32 heavy (non-hydrogen) atoms. The number of likely N-dealkylation sites (tertiary alicyclic amines) is 2. The molecule has 6 heteroatoms. The van der Waals surface area contributed by atoms with Gasteiger partial charge in [0.2, 0.25) is 0 Å². The van der Waals surface area contributed by atoms with Crippen LogP contribution >= 0.6 is 0 Å². The SMILES string of the molecule is Cc1nc2nccc(-c3cc4cc(CN5CCC(N6CCCCC6)CC5)ccc4[nH]3)c2[nH]1. The molecule has 3 aromatic heterocycles. The summed E-state index contributed by atoms with van der Waals surface area (Å²) in [6.07, 6.45) is 8.68. The number of benzene rings is 1. The van der Waals surface area contributed by atoms with Crippen molar-refractivity contribution in [2.75, 3.05) is 26.2 Å². The van der Waals surface area contributed by atoms with Crippen molar-refractivity contribution in [3.8, 4) is 11.3 Å². The first-order chi connectivity index (χ1) is 15.7. The molecule has 2 fully saturated rings. The Balaban J connectivity index is 1.17. The Hall–Kier alpha value is -2.70. The van der Waals surface area contributed by atoms with Crippen LogP contribution in [0.3, 0.4) is 0 Å². The van der Waals surface area contributed by atoms with Gasteiger partial charge in [0.05, 0.1) is 5.52 Å². The summed E-state index contributed by atoms with van der Waals surface area (Å²) in [5.41, 5.74) is 6.56. The van der Waals surface area contributed by atoms with Crippen LogP contribution in [-0.2, 0) is 6.54 Å². The fourth-order valence-corrected chi connectivity index (χ4v) is 5.66. The first-order valence-electron chi connectivity index (χ1n) is 12.1. The lowest BCUT2D eigenvalue weighted by atomic mass is 9.99. The molecule has 0 bridgehead atoms. The molecule has 2 saturated heterocycles. The highest BCUT2D eigenvalue weighted by Gasteiger charge is 2.25. The van der Waals surface area contributed by atoms with Gasteiger partial charge in [-0.05, 0) is 88.6 Å². The number of aromatic amines is 2. The zero-order chi connectivity index (χ0) is 21.5. The Kier molecular flexibility index (Phi) is 5.20. The highest BCUT2D eigenvalue weighted by molar-refractivity contribution is 5.94. The first-order valence-corrected chi connectivity index (χ1v) is 12.1. The van der Waals surface area contributed by atoms with E-state index in [-0.39, 0.29) is 0 Å². The van der Waals surface area contributed by atoms with Gasteiger partial charge in [0, 0.05) is 40.9 Å². The maximum atomic E-state index is 4.48. The van der Waals surface area contributed by atoms with E-state index in [0.717, 1.165) is 40.8 Å². The predicted molar refractivity (Wildman–Crippen MR) is 130 cm³/mol. The second-order valence-electron chi connectivity index (χ2n) is 9.59. The molecule has 0 unspecified atom stereocenters. The molecule has 2 N–H and O–H groups in total. The molecule has 166 valence electrons. The summed E-state index contributed by atoms with van der Waals surface area (Å²) >= 11 is 0. The van der Waals surface area contributed by atoms with Crippen molar-refractivity contribution in [3.05, 3.63) is 47.9 Å². The molecule has 6 nitrogen and oxygen atoms in total. The van der Waals surface area contributed by atoms with E-state index in [9.17, 15) is 0 Å². The van der Waals surface area contributed by atoms with Crippen molar-refractivity contribution in [3.63, 3.8) is 0 Å². The summed E-state index contributed by atoms with van der Waals surface area (Å²) in [5.74, 6) is 0.891. The molecule has 2 aliphatic heterocycles. The largest absolute Gasteiger partial charge is 0.354 e. The molecule has 4 aromatic rings. The molecule has 1 aromatic carbocycles. The van der Waals surface area contributed by atoms with Gasteiger partial charge >= 0.3 is 0 Å². The Morgan fingerprint density at radius 3 is 2.66 bits per heavy atom. The normalized spacial score (nSPS) is 19.3. The van der Waals surface area contributed by atoms with E-state index in [4.69, 9.17) is 0 Å². The third-order valence-corrected chi connectivity index (χ3v) is 7.36. The van der Waals surface area contributed by atoms with E-state index >= 15 is 0 Å². The van der Waals surface area contributed by atoms with Crippen LogP contribution in [0.1, 0.15) is 43.5 Å². The van der Waals surface area contributed by atoms with Crippen molar-refractivity contribution in [1.29, 1.82) is 0 Å². The Morgan fingerprint density at radius 2 is 1.81 bits per heavy atom. The first kappa shape index (κ1) is 19.9. The lowest BCUT2D eigenvalue weighted by molar-refractivity contribution is 0.0897. The fourth-order valence-electron chi connectivity index (χ4n) is 5.66. The topological polar surface area (TPSA) is 63.8 Å². The second kappa shape index (κ2) is 8.34. The van der Waals surface area contributed by atoms with Crippen LogP contribution in [0.5, 0.6) is 0 Å². The van der Waals surface area contributed by atoms with Gasteiger partial charge in [-0.25, -0.2) is 9.97 Å². The molecule has 5 heterocycles. The fraction of sp³-hybridized carbons (Fsp3) is 0.462. The Bertz CT molecular complexity index is 1220. The number of nitrogens with zero attached hydrogens (tertiary/aromatic N) is 4. The van der Waals surface area contributed by atoms with Gasteiger partial charge in [-0.3, -0.25) is 4.90 Å². The van der Waals surface area contributed by atoms with Gasteiger partial charge in [0.15, 0.2) is 5.65 Å². The summed E-state index contributed by atoms with van der Waals surface area (Å²) < 4.78 is 0. The van der Waals surface area contributed by atoms with Gasteiger partial charge < -0.3 is 14.9 Å². The lowest BCUT2D eigenvalue weighted by Gasteiger charge is -2.40. The number of fused-ring (bicyclic) bond motifs is 2. The van der Waals surface area contributed by atoms with E-state index in [0.29, 0.717) is 0 Å². The molecule has 6 rings (SSSR count). The van der Waals surface area contributed by atoms with Crippen molar-refractivity contribution >= 4 is 22.1 Å². The predicted octanol–water partition coefficient (Wildman–Crippen LogP) is 4.86. The number of aryl methyl sites for hydroxylation is 1. The summed E-state index contributed by atoms with van der Waals surface area (Å²) in [6.45, 7) is 8.08. The molecule has 0 atom stereocenters. The van der Waals surface area contributed by atoms with Gasteiger partial charge in [-0.15, -0.1) is 0 Å². The Labute approximate surface area is 189 Å². The molecule has 0 saturated carbocycles. The third-order valence-electron chi connectivity index (χ3n) is 7.36. The number of hydrogen-bond acceptors (Lipinski definition) is 4. The number of H-pyrrole nitrogens is 2.